The van der Waals surface area contributed by atoms with Gasteiger partial charge in [0.1, 0.15) is 5.76 Å². The van der Waals surface area contributed by atoms with Crippen LogP contribution in [0.2, 0.25) is 0 Å². The molecule has 1 aromatic carbocycles. The molecule has 6 heteroatoms. The lowest BCUT2D eigenvalue weighted by atomic mass is 10.2. The Kier molecular flexibility index (Phi) is 5.60. The zero-order chi connectivity index (χ0) is 17.0. The quantitative estimate of drug-likeness (QED) is 0.828. The molecule has 1 aromatic heterocycles. The summed E-state index contributed by atoms with van der Waals surface area (Å²) >= 11 is 3.40. The lowest BCUT2D eigenvalue weighted by Gasteiger charge is -2.21. The van der Waals surface area contributed by atoms with Crippen LogP contribution in [0.1, 0.15) is 33.9 Å². The second-order valence-corrected chi connectivity index (χ2v) is 6.29. The largest absolute Gasteiger partial charge is 0.481 e. The summed E-state index contributed by atoms with van der Waals surface area (Å²) in [5.74, 6) is -0.310. The topological polar surface area (TPSA) is 70.8 Å². The molecular formula is C17H18BrNO4. The molecule has 122 valence electrons. The van der Waals surface area contributed by atoms with Crippen molar-refractivity contribution >= 4 is 27.8 Å². The molecule has 0 radical (unpaired) electrons. The first-order valence-corrected chi connectivity index (χ1v) is 7.98. The lowest BCUT2D eigenvalue weighted by Crippen LogP contribution is -2.32. The number of hydrogen-bond donors (Lipinski definition) is 1. The van der Waals surface area contributed by atoms with Crippen LogP contribution in [0.4, 0.5) is 0 Å². The first-order valence-electron chi connectivity index (χ1n) is 7.19. The van der Waals surface area contributed by atoms with Crippen molar-refractivity contribution < 1.29 is 19.1 Å². The number of hydrogen-bond acceptors (Lipinski definition) is 3. The first kappa shape index (κ1) is 17.3. The van der Waals surface area contributed by atoms with E-state index in [2.05, 4.69) is 15.9 Å². The maximum absolute atomic E-state index is 12.7. The predicted octanol–water partition coefficient (Wildman–Crippen LogP) is 3.78. The molecule has 2 rings (SSSR count). The van der Waals surface area contributed by atoms with Gasteiger partial charge in [0.25, 0.3) is 5.91 Å². The molecule has 0 saturated heterocycles. The Bertz CT molecular complexity index is 723. The SMILES string of the molecule is Cc1cc(C)c(C(=O)N(CCC(=O)O)Cc2cccc(Br)c2)o1. The summed E-state index contributed by atoms with van der Waals surface area (Å²) in [5, 5.41) is 8.91. The number of rotatable bonds is 6. The number of carbonyl (C=O) groups is 2. The van der Waals surface area contributed by atoms with Gasteiger partial charge >= 0.3 is 5.97 Å². The van der Waals surface area contributed by atoms with Crippen LogP contribution in [-0.2, 0) is 11.3 Å². The number of nitrogens with zero attached hydrogens (tertiary/aromatic N) is 1. The van der Waals surface area contributed by atoms with Crippen LogP contribution in [0.3, 0.4) is 0 Å². The van der Waals surface area contributed by atoms with E-state index in [4.69, 9.17) is 9.52 Å². The van der Waals surface area contributed by atoms with Crippen molar-refractivity contribution in [2.45, 2.75) is 26.8 Å². The molecule has 0 aliphatic heterocycles. The Labute approximate surface area is 143 Å². The zero-order valence-corrected chi connectivity index (χ0v) is 14.6. The minimum atomic E-state index is -0.940. The zero-order valence-electron chi connectivity index (χ0n) is 13.0. The van der Waals surface area contributed by atoms with Crippen molar-refractivity contribution in [2.75, 3.05) is 6.54 Å². The first-order chi connectivity index (χ1) is 10.9. The molecule has 1 heterocycles. The van der Waals surface area contributed by atoms with Crippen molar-refractivity contribution in [3.05, 3.63) is 57.5 Å². The maximum Gasteiger partial charge on any atom is 0.305 e. The van der Waals surface area contributed by atoms with E-state index in [0.29, 0.717) is 12.3 Å². The Hall–Kier alpha value is -2.08. The molecule has 2 aromatic rings. The monoisotopic (exact) mass is 379 g/mol. The fourth-order valence-corrected chi connectivity index (χ4v) is 2.78. The van der Waals surface area contributed by atoms with Crippen LogP contribution in [0.25, 0.3) is 0 Å². The van der Waals surface area contributed by atoms with Crippen LogP contribution >= 0.6 is 15.9 Å². The molecule has 1 N–H and O–H groups in total. The smallest absolute Gasteiger partial charge is 0.305 e. The van der Waals surface area contributed by atoms with Gasteiger partial charge in [-0.3, -0.25) is 9.59 Å². The highest BCUT2D eigenvalue weighted by Gasteiger charge is 2.22. The van der Waals surface area contributed by atoms with Gasteiger partial charge in [0.15, 0.2) is 5.76 Å². The highest BCUT2D eigenvalue weighted by molar-refractivity contribution is 9.10. The van der Waals surface area contributed by atoms with Gasteiger partial charge in [-0.05, 0) is 37.6 Å². The van der Waals surface area contributed by atoms with Gasteiger partial charge in [-0.2, -0.15) is 0 Å². The molecule has 0 atom stereocenters. The van der Waals surface area contributed by atoms with E-state index < -0.39 is 5.97 Å². The van der Waals surface area contributed by atoms with Gasteiger partial charge in [0.05, 0.1) is 6.42 Å². The van der Waals surface area contributed by atoms with Crippen molar-refractivity contribution in [1.29, 1.82) is 0 Å². The summed E-state index contributed by atoms with van der Waals surface area (Å²) in [6.45, 7) is 4.03. The van der Waals surface area contributed by atoms with Crippen LogP contribution in [0.5, 0.6) is 0 Å². The Morgan fingerprint density at radius 2 is 2.00 bits per heavy atom. The number of carboxylic acid groups (broad SMARTS) is 1. The Morgan fingerprint density at radius 3 is 2.57 bits per heavy atom. The Morgan fingerprint density at radius 1 is 1.26 bits per heavy atom. The van der Waals surface area contributed by atoms with Crippen LogP contribution < -0.4 is 0 Å². The number of carbonyl (C=O) groups excluding carboxylic acids is 1. The third kappa shape index (κ3) is 4.69. The van der Waals surface area contributed by atoms with Crippen LogP contribution in [0.15, 0.2) is 39.2 Å². The van der Waals surface area contributed by atoms with E-state index in [1.54, 1.807) is 19.9 Å². The number of furan rings is 1. The molecule has 0 bridgehead atoms. The average Bonchev–Trinajstić information content (AvgIpc) is 2.81. The summed E-state index contributed by atoms with van der Waals surface area (Å²) < 4.78 is 6.39. The van der Waals surface area contributed by atoms with Gasteiger partial charge in [-0.1, -0.05) is 28.1 Å². The van der Waals surface area contributed by atoms with Crippen LogP contribution in [-0.4, -0.2) is 28.4 Å². The maximum atomic E-state index is 12.7. The third-order valence-corrected chi connectivity index (χ3v) is 3.87. The molecule has 0 unspecified atom stereocenters. The van der Waals surface area contributed by atoms with Gasteiger partial charge in [0, 0.05) is 23.1 Å². The van der Waals surface area contributed by atoms with Gasteiger partial charge < -0.3 is 14.4 Å². The van der Waals surface area contributed by atoms with Crippen molar-refractivity contribution in [3.8, 4) is 0 Å². The number of carboxylic acids is 1. The minimum Gasteiger partial charge on any atom is -0.481 e. The molecule has 0 spiro atoms. The van der Waals surface area contributed by atoms with Gasteiger partial charge in [0.2, 0.25) is 0 Å². The Balaban J connectivity index is 2.24. The molecule has 5 nitrogen and oxygen atoms in total. The van der Waals surface area contributed by atoms with E-state index in [9.17, 15) is 9.59 Å². The molecule has 0 aliphatic carbocycles. The average molecular weight is 380 g/mol. The third-order valence-electron chi connectivity index (χ3n) is 3.38. The fraction of sp³-hybridized carbons (Fsp3) is 0.294. The van der Waals surface area contributed by atoms with Crippen LogP contribution in [0, 0.1) is 13.8 Å². The summed E-state index contributed by atoms with van der Waals surface area (Å²) in [6, 6.07) is 9.36. The number of benzene rings is 1. The van der Waals surface area contributed by atoms with E-state index in [-0.39, 0.29) is 24.6 Å². The molecular weight excluding hydrogens is 362 g/mol. The lowest BCUT2D eigenvalue weighted by molar-refractivity contribution is -0.137. The summed E-state index contributed by atoms with van der Waals surface area (Å²) in [5.41, 5.74) is 1.67. The van der Waals surface area contributed by atoms with Gasteiger partial charge in [-0.15, -0.1) is 0 Å². The standard InChI is InChI=1S/C17H18BrNO4/c1-11-8-12(2)23-16(11)17(22)19(7-6-15(20)21)10-13-4-3-5-14(18)9-13/h3-5,8-9H,6-7,10H2,1-2H3,(H,20,21). The number of aliphatic carboxylic acids is 1. The number of aryl methyl sites for hydroxylation is 2. The molecule has 23 heavy (non-hydrogen) atoms. The minimum absolute atomic E-state index is 0.113. The van der Waals surface area contributed by atoms with Gasteiger partial charge in [-0.25, -0.2) is 0 Å². The summed E-state index contributed by atoms with van der Waals surface area (Å²) in [4.78, 5) is 25.1. The summed E-state index contributed by atoms with van der Waals surface area (Å²) in [6.07, 6.45) is -0.113. The highest BCUT2D eigenvalue weighted by Crippen LogP contribution is 2.19. The molecule has 0 aliphatic rings. The predicted molar refractivity (Wildman–Crippen MR) is 89.3 cm³/mol. The summed E-state index contributed by atoms with van der Waals surface area (Å²) in [7, 11) is 0. The molecule has 0 saturated carbocycles. The van der Waals surface area contributed by atoms with E-state index in [1.807, 2.05) is 24.3 Å². The second kappa shape index (κ2) is 7.46. The van der Waals surface area contributed by atoms with Crippen molar-refractivity contribution in [2.24, 2.45) is 0 Å². The van der Waals surface area contributed by atoms with E-state index >= 15 is 0 Å². The molecule has 0 fully saturated rings. The van der Waals surface area contributed by atoms with E-state index in [1.165, 1.54) is 4.90 Å². The van der Waals surface area contributed by atoms with Crippen molar-refractivity contribution in [1.82, 2.24) is 4.90 Å². The number of halogens is 1. The molecule has 1 amide bonds. The van der Waals surface area contributed by atoms with Crippen molar-refractivity contribution in [3.63, 3.8) is 0 Å². The fourth-order valence-electron chi connectivity index (χ4n) is 2.34. The normalized spacial score (nSPS) is 10.6. The van der Waals surface area contributed by atoms with E-state index in [0.717, 1.165) is 15.6 Å². The highest BCUT2D eigenvalue weighted by atomic mass is 79.9. The second-order valence-electron chi connectivity index (χ2n) is 5.37. The number of amides is 1.